The molecule has 1 heterocycles. The van der Waals surface area contributed by atoms with Gasteiger partial charge >= 0.3 is 0 Å². The summed E-state index contributed by atoms with van der Waals surface area (Å²) in [6, 6.07) is 4.01. The molecule has 1 atom stereocenters. The number of anilines is 1. The molecule has 0 amide bonds. The lowest BCUT2D eigenvalue weighted by Crippen LogP contribution is -2.33. The van der Waals surface area contributed by atoms with Gasteiger partial charge < -0.3 is 10.8 Å². The van der Waals surface area contributed by atoms with E-state index in [0.717, 1.165) is 12.8 Å². The van der Waals surface area contributed by atoms with Crippen LogP contribution in [0.25, 0.3) is 0 Å². The Hall–Kier alpha value is -1.27. The zero-order chi connectivity index (χ0) is 12.6. The lowest BCUT2D eigenvalue weighted by Gasteiger charge is -2.21. The lowest BCUT2D eigenvalue weighted by molar-refractivity contribution is 0.408. The van der Waals surface area contributed by atoms with Crippen molar-refractivity contribution < 1.29 is 13.5 Å². The highest BCUT2D eigenvalue weighted by molar-refractivity contribution is 7.89. The van der Waals surface area contributed by atoms with Crippen LogP contribution < -0.4 is 5.73 Å². The van der Waals surface area contributed by atoms with Gasteiger partial charge in [-0.1, -0.05) is 0 Å². The SMILES string of the molecule is CC1CCCN1S(=O)(=O)c1ccc(O)c(N)c1. The average Bonchev–Trinajstić information content (AvgIpc) is 2.69. The van der Waals surface area contributed by atoms with Crippen LogP contribution in [0.1, 0.15) is 19.8 Å². The second kappa shape index (κ2) is 4.19. The quantitative estimate of drug-likeness (QED) is 0.614. The normalized spacial score (nSPS) is 21.8. The molecule has 3 N–H and O–H groups in total. The molecule has 1 aromatic rings. The first-order chi connectivity index (χ1) is 7.93. The molecule has 1 aliphatic rings. The predicted octanol–water partition coefficient (Wildman–Crippen LogP) is 1.15. The first kappa shape index (κ1) is 12.2. The van der Waals surface area contributed by atoms with E-state index < -0.39 is 10.0 Å². The standard InChI is InChI=1S/C11H16N2O3S/c1-8-3-2-6-13(8)17(15,16)9-4-5-11(14)10(12)7-9/h4-5,7-8,14H,2-3,6,12H2,1H3. The molecule has 0 spiro atoms. The van der Waals surface area contributed by atoms with E-state index in [9.17, 15) is 13.5 Å². The summed E-state index contributed by atoms with van der Waals surface area (Å²) in [4.78, 5) is 0.140. The van der Waals surface area contributed by atoms with E-state index in [2.05, 4.69) is 0 Å². The van der Waals surface area contributed by atoms with Crippen molar-refractivity contribution in [1.29, 1.82) is 0 Å². The third kappa shape index (κ3) is 2.10. The van der Waals surface area contributed by atoms with Crippen molar-refractivity contribution in [3.05, 3.63) is 18.2 Å². The maximum absolute atomic E-state index is 12.3. The third-order valence-electron chi connectivity index (χ3n) is 3.10. The maximum atomic E-state index is 12.3. The minimum atomic E-state index is -3.48. The Balaban J connectivity index is 2.41. The zero-order valence-electron chi connectivity index (χ0n) is 9.63. The van der Waals surface area contributed by atoms with Gasteiger partial charge in [-0.25, -0.2) is 8.42 Å². The average molecular weight is 256 g/mol. The largest absolute Gasteiger partial charge is 0.506 e. The number of benzene rings is 1. The molecular formula is C11H16N2O3S. The summed E-state index contributed by atoms with van der Waals surface area (Å²) < 4.78 is 26.1. The van der Waals surface area contributed by atoms with Crippen LogP contribution in [0.4, 0.5) is 5.69 Å². The van der Waals surface area contributed by atoms with E-state index >= 15 is 0 Å². The van der Waals surface area contributed by atoms with Crippen molar-refractivity contribution in [1.82, 2.24) is 4.31 Å². The van der Waals surface area contributed by atoms with E-state index in [0.29, 0.717) is 6.54 Å². The number of nitrogens with two attached hydrogens (primary N) is 1. The molecule has 1 aromatic carbocycles. The maximum Gasteiger partial charge on any atom is 0.243 e. The number of hydrogen-bond acceptors (Lipinski definition) is 4. The Morgan fingerprint density at radius 3 is 2.71 bits per heavy atom. The van der Waals surface area contributed by atoms with Gasteiger partial charge in [0.25, 0.3) is 0 Å². The van der Waals surface area contributed by atoms with Crippen molar-refractivity contribution in [3.8, 4) is 5.75 Å². The van der Waals surface area contributed by atoms with Crippen LogP contribution in [-0.4, -0.2) is 30.4 Å². The lowest BCUT2D eigenvalue weighted by atomic mass is 10.3. The van der Waals surface area contributed by atoms with Crippen LogP contribution in [-0.2, 0) is 10.0 Å². The summed E-state index contributed by atoms with van der Waals surface area (Å²) in [5.41, 5.74) is 5.60. The number of phenols is 1. The molecule has 0 bridgehead atoms. The highest BCUT2D eigenvalue weighted by Crippen LogP contribution is 2.29. The van der Waals surface area contributed by atoms with Crippen molar-refractivity contribution in [2.24, 2.45) is 0 Å². The van der Waals surface area contributed by atoms with Crippen LogP contribution in [0.5, 0.6) is 5.75 Å². The summed E-state index contributed by atoms with van der Waals surface area (Å²) in [7, 11) is -3.48. The van der Waals surface area contributed by atoms with E-state index in [1.54, 1.807) is 0 Å². The topological polar surface area (TPSA) is 83.6 Å². The molecule has 0 saturated carbocycles. The van der Waals surface area contributed by atoms with Gasteiger partial charge in [0.05, 0.1) is 10.6 Å². The number of sulfonamides is 1. The summed E-state index contributed by atoms with van der Waals surface area (Å²) in [6.07, 6.45) is 1.76. The van der Waals surface area contributed by atoms with E-state index in [4.69, 9.17) is 5.73 Å². The molecule has 5 nitrogen and oxygen atoms in total. The van der Waals surface area contributed by atoms with Crippen LogP contribution >= 0.6 is 0 Å². The second-order valence-electron chi connectivity index (χ2n) is 4.33. The van der Waals surface area contributed by atoms with E-state index in [1.165, 1.54) is 22.5 Å². The molecular weight excluding hydrogens is 240 g/mol. The molecule has 1 aliphatic heterocycles. The van der Waals surface area contributed by atoms with Crippen LogP contribution in [0.3, 0.4) is 0 Å². The molecule has 1 fully saturated rings. The predicted molar refractivity (Wildman–Crippen MR) is 65.1 cm³/mol. The molecule has 0 aliphatic carbocycles. The third-order valence-corrected chi connectivity index (χ3v) is 5.11. The summed E-state index contributed by atoms with van der Waals surface area (Å²) in [6.45, 7) is 2.44. The van der Waals surface area contributed by atoms with Crippen molar-refractivity contribution >= 4 is 15.7 Å². The van der Waals surface area contributed by atoms with Crippen molar-refractivity contribution in [3.63, 3.8) is 0 Å². The fourth-order valence-corrected chi connectivity index (χ4v) is 3.83. The molecule has 6 heteroatoms. The van der Waals surface area contributed by atoms with Gasteiger partial charge in [0.1, 0.15) is 5.75 Å². The van der Waals surface area contributed by atoms with E-state index in [1.807, 2.05) is 6.92 Å². The summed E-state index contributed by atoms with van der Waals surface area (Å²) in [5, 5.41) is 9.29. The van der Waals surface area contributed by atoms with Gasteiger partial charge in [-0.05, 0) is 38.0 Å². The van der Waals surface area contributed by atoms with Gasteiger partial charge in [0.15, 0.2) is 0 Å². The molecule has 1 unspecified atom stereocenters. The van der Waals surface area contributed by atoms with E-state index in [-0.39, 0.29) is 22.4 Å². The van der Waals surface area contributed by atoms with Crippen molar-refractivity contribution in [2.45, 2.75) is 30.7 Å². The molecule has 0 radical (unpaired) electrons. The number of phenolic OH excluding ortho intramolecular Hbond substituents is 1. The molecule has 1 saturated heterocycles. The van der Waals surface area contributed by atoms with Gasteiger partial charge in [-0.3, -0.25) is 0 Å². The molecule has 2 rings (SSSR count). The number of hydrogen-bond donors (Lipinski definition) is 2. The number of nitrogens with zero attached hydrogens (tertiary/aromatic N) is 1. The Kier molecular flexibility index (Phi) is 3.01. The molecule has 94 valence electrons. The molecule has 17 heavy (non-hydrogen) atoms. The zero-order valence-corrected chi connectivity index (χ0v) is 10.4. The fraction of sp³-hybridized carbons (Fsp3) is 0.455. The smallest absolute Gasteiger partial charge is 0.243 e. The highest BCUT2D eigenvalue weighted by Gasteiger charge is 2.32. The Morgan fingerprint density at radius 2 is 2.18 bits per heavy atom. The molecule has 0 aromatic heterocycles. The first-order valence-corrected chi connectivity index (χ1v) is 6.97. The fourth-order valence-electron chi connectivity index (χ4n) is 2.09. The van der Waals surface area contributed by atoms with Gasteiger partial charge in [0.2, 0.25) is 10.0 Å². The Bertz CT molecular complexity index is 528. The van der Waals surface area contributed by atoms with Gasteiger partial charge in [-0.15, -0.1) is 0 Å². The van der Waals surface area contributed by atoms with Crippen molar-refractivity contribution in [2.75, 3.05) is 12.3 Å². The van der Waals surface area contributed by atoms with Crippen LogP contribution in [0.2, 0.25) is 0 Å². The summed E-state index contributed by atoms with van der Waals surface area (Å²) in [5.74, 6) is -0.0987. The number of rotatable bonds is 2. The highest BCUT2D eigenvalue weighted by atomic mass is 32.2. The Morgan fingerprint density at radius 1 is 1.47 bits per heavy atom. The monoisotopic (exact) mass is 256 g/mol. The van der Waals surface area contributed by atoms with Gasteiger partial charge in [-0.2, -0.15) is 4.31 Å². The van der Waals surface area contributed by atoms with Gasteiger partial charge in [0, 0.05) is 12.6 Å². The van der Waals surface area contributed by atoms with Crippen LogP contribution in [0.15, 0.2) is 23.1 Å². The Labute approximate surface area is 101 Å². The minimum absolute atomic E-state index is 0.0232. The minimum Gasteiger partial charge on any atom is -0.506 e. The number of nitrogen functional groups attached to an aromatic ring is 1. The second-order valence-corrected chi connectivity index (χ2v) is 6.22. The first-order valence-electron chi connectivity index (χ1n) is 5.53. The number of aromatic hydroxyl groups is 1. The van der Waals surface area contributed by atoms with Crippen LogP contribution in [0, 0.1) is 0 Å². The summed E-state index contributed by atoms with van der Waals surface area (Å²) >= 11 is 0.